The lowest BCUT2D eigenvalue weighted by molar-refractivity contribution is 0.103. The summed E-state index contributed by atoms with van der Waals surface area (Å²) in [5.41, 5.74) is 0.258. The Balaban J connectivity index is 1.93. The molecule has 0 spiro atoms. The second-order valence-corrected chi connectivity index (χ2v) is 7.91. The lowest BCUT2D eigenvalue weighted by atomic mass is 9.97. The quantitative estimate of drug-likeness (QED) is 0.176. The number of hydrogen-bond acceptors (Lipinski definition) is 5. The van der Waals surface area contributed by atoms with Crippen molar-refractivity contribution >= 4 is 39.6 Å². The Labute approximate surface area is 189 Å². The van der Waals surface area contributed by atoms with Crippen molar-refractivity contribution in [3.8, 4) is 5.75 Å². The molecule has 0 aliphatic rings. The van der Waals surface area contributed by atoms with Gasteiger partial charge in [-0.3, -0.25) is 14.3 Å². The molecule has 11 heteroatoms. The van der Waals surface area contributed by atoms with Gasteiger partial charge in [0, 0.05) is 17.5 Å². The third-order valence-electron chi connectivity index (χ3n) is 4.59. The Morgan fingerprint density at radius 2 is 2.03 bits per heavy atom. The molecule has 3 N–H and O–H groups in total. The molecule has 0 amide bonds. The lowest BCUT2D eigenvalue weighted by Crippen LogP contribution is -2.18. The predicted octanol–water partition coefficient (Wildman–Crippen LogP) is 3.43. The van der Waals surface area contributed by atoms with Crippen molar-refractivity contribution in [2.45, 2.75) is 12.8 Å². The number of aliphatic hydroxyl groups excluding tert-OH is 1. The van der Waals surface area contributed by atoms with Gasteiger partial charge >= 0.3 is 0 Å². The molecule has 0 aliphatic heterocycles. The number of carbonyl (C=O) groups is 1. The van der Waals surface area contributed by atoms with Gasteiger partial charge in [0.2, 0.25) is 11.3 Å². The molecule has 1 unspecified atom stereocenters. The maximum Gasteiger partial charge on any atom is 0.231 e. The number of fused-ring (bicyclic) bond motifs is 1. The number of benzene rings is 2. The number of hydrogen-bond donors (Lipinski definition) is 3. The molecule has 0 radical (unpaired) electrons. The molecular formula is C21H19ClF2N2O5S. The van der Waals surface area contributed by atoms with Crippen LogP contribution in [0.1, 0.15) is 27.9 Å². The summed E-state index contributed by atoms with van der Waals surface area (Å²) in [6.07, 6.45) is 1.94. The smallest absolute Gasteiger partial charge is 0.231 e. The molecular weight excluding hydrogens is 466 g/mol. The SMILES string of the molecule is O=C(c1ccc2ncc(OCCO)cc2c1)c1c(F)c(F)cc(CCCNS(=O)O)c1Cl. The number of aromatic nitrogens is 1. The number of ketones is 1. The van der Waals surface area contributed by atoms with Crippen molar-refractivity contribution in [2.75, 3.05) is 19.8 Å². The molecule has 0 bridgehead atoms. The summed E-state index contributed by atoms with van der Waals surface area (Å²) in [6.45, 7) is 0.0344. The first-order valence-corrected chi connectivity index (χ1v) is 11.0. The van der Waals surface area contributed by atoms with Crippen LogP contribution in [0.5, 0.6) is 5.75 Å². The van der Waals surface area contributed by atoms with Gasteiger partial charge in [0.15, 0.2) is 17.4 Å². The second-order valence-electron chi connectivity index (χ2n) is 6.75. The maximum absolute atomic E-state index is 14.6. The lowest BCUT2D eigenvalue weighted by Gasteiger charge is -2.12. The van der Waals surface area contributed by atoms with Crippen molar-refractivity contribution in [3.05, 3.63) is 69.9 Å². The summed E-state index contributed by atoms with van der Waals surface area (Å²) in [7, 11) is 0. The first kappa shape index (κ1) is 24.1. The largest absolute Gasteiger partial charge is 0.490 e. The van der Waals surface area contributed by atoms with Crippen LogP contribution in [0, 0.1) is 11.6 Å². The van der Waals surface area contributed by atoms with E-state index in [0.717, 1.165) is 6.07 Å². The average molecular weight is 485 g/mol. The van der Waals surface area contributed by atoms with E-state index in [1.807, 2.05) is 0 Å². The van der Waals surface area contributed by atoms with Gasteiger partial charge in [0.25, 0.3) is 0 Å². The number of rotatable bonds is 10. The van der Waals surface area contributed by atoms with Crippen LogP contribution >= 0.6 is 11.6 Å². The minimum absolute atomic E-state index is 0.0719. The molecule has 0 fully saturated rings. The minimum Gasteiger partial charge on any atom is -0.490 e. The molecule has 32 heavy (non-hydrogen) atoms. The number of aryl methyl sites for hydroxylation is 1. The fourth-order valence-electron chi connectivity index (χ4n) is 3.11. The molecule has 1 atom stereocenters. The van der Waals surface area contributed by atoms with E-state index in [9.17, 15) is 17.8 Å². The summed E-state index contributed by atoms with van der Waals surface area (Å²) in [5, 5.41) is 9.20. The van der Waals surface area contributed by atoms with E-state index in [2.05, 4.69) is 9.71 Å². The summed E-state index contributed by atoms with van der Waals surface area (Å²) < 4.78 is 55.7. The van der Waals surface area contributed by atoms with E-state index in [-0.39, 0.29) is 42.3 Å². The fraction of sp³-hybridized carbons (Fsp3) is 0.238. The highest BCUT2D eigenvalue weighted by atomic mass is 35.5. The number of pyridine rings is 1. The number of nitrogens with zero attached hydrogens (tertiary/aromatic N) is 1. The topological polar surface area (TPSA) is 109 Å². The van der Waals surface area contributed by atoms with E-state index in [1.165, 1.54) is 18.3 Å². The van der Waals surface area contributed by atoms with Gasteiger partial charge in [0.1, 0.15) is 12.4 Å². The zero-order valence-corrected chi connectivity index (χ0v) is 18.2. The number of ether oxygens (including phenoxy) is 1. The monoisotopic (exact) mass is 484 g/mol. The van der Waals surface area contributed by atoms with Crippen molar-refractivity contribution in [3.63, 3.8) is 0 Å². The van der Waals surface area contributed by atoms with Gasteiger partial charge in [-0.2, -0.15) is 0 Å². The van der Waals surface area contributed by atoms with Gasteiger partial charge in [-0.15, -0.1) is 0 Å². The molecule has 7 nitrogen and oxygen atoms in total. The molecule has 170 valence electrons. The fourth-order valence-corrected chi connectivity index (χ4v) is 3.75. The van der Waals surface area contributed by atoms with Crippen molar-refractivity contribution in [1.29, 1.82) is 0 Å². The summed E-state index contributed by atoms with van der Waals surface area (Å²) in [5.74, 6) is -2.98. The number of halogens is 3. The molecule has 1 heterocycles. The number of nitrogens with one attached hydrogen (secondary N) is 1. The van der Waals surface area contributed by atoms with E-state index in [0.29, 0.717) is 23.1 Å². The van der Waals surface area contributed by atoms with Crippen LogP contribution in [0.15, 0.2) is 36.5 Å². The zero-order chi connectivity index (χ0) is 23.3. The average Bonchev–Trinajstić information content (AvgIpc) is 2.77. The van der Waals surface area contributed by atoms with Crippen LogP contribution in [0.4, 0.5) is 8.78 Å². The van der Waals surface area contributed by atoms with Crippen LogP contribution < -0.4 is 9.46 Å². The van der Waals surface area contributed by atoms with E-state index >= 15 is 0 Å². The van der Waals surface area contributed by atoms with Gasteiger partial charge in [-0.25, -0.2) is 17.7 Å². The highest BCUT2D eigenvalue weighted by Gasteiger charge is 2.24. The molecule has 3 aromatic rings. The first-order chi connectivity index (χ1) is 15.3. The predicted molar refractivity (Wildman–Crippen MR) is 116 cm³/mol. The van der Waals surface area contributed by atoms with Gasteiger partial charge in [-0.1, -0.05) is 11.6 Å². The standard InChI is InChI=1S/C21H19ClF2N2O5S/c22-19-12(2-1-5-26-32(29)30)10-16(23)20(24)18(19)21(28)13-3-4-17-14(8-13)9-15(11-25-17)31-7-6-27/h3-4,8-11,26-27H,1-2,5-7H2,(H,29,30). The molecule has 2 aromatic carbocycles. The number of aliphatic hydroxyl groups is 1. The summed E-state index contributed by atoms with van der Waals surface area (Å²) >= 11 is 4.07. The van der Waals surface area contributed by atoms with Gasteiger partial charge in [0.05, 0.1) is 28.9 Å². The number of carbonyl (C=O) groups excluding carboxylic acids is 1. The summed E-state index contributed by atoms with van der Waals surface area (Å²) in [4.78, 5) is 17.3. The van der Waals surface area contributed by atoms with Crippen molar-refractivity contribution < 1.29 is 32.2 Å². The molecule has 0 saturated heterocycles. The maximum atomic E-state index is 14.6. The minimum atomic E-state index is -2.19. The van der Waals surface area contributed by atoms with Crippen LogP contribution in [0.2, 0.25) is 5.02 Å². The van der Waals surface area contributed by atoms with Crippen LogP contribution in [-0.2, 0) is 17.7 Å². The Bertz CT molecular complexity index is 1180. The van der Waals surface area contributed by atoms with Crippen LogP contribution in [0.3, 0.4) is 0 Å². The van der Waals surface area contributed by atoms with Gasteiger partial charge in [-0.05, 0) is 48.7 Å². The normalized spacial score (nSPS) is 12.2. The summed E-state index contributed by atoms with van der Waals surface area (Å²) in [6, 6.07) is 7.00. The Kier molecular flexibility index (Phi) is 8.21. The Morgan fingerprint density at radius 1 is 1.25 bits per heavy atom. The molecule has 0 aliphatic carbocycles. The molecule has 3 rings (SSSR count). The van der Waals surface area contributed by atoms with Crippen molar-refractivity contribution in [1.82, 2.24) is 9.71 Å². The first-order valence-electron chi connectivity index (χ1n) is 9.50. The Hall–Kier alpha value is -2.50. The molecule has 0 saturated carbocycles. The van der Waals surface area contributed by atoms with E-state index in [4.69, 9.17) is 26.0 Å². The van der Waals surface area contributed by atoms with Gasteiger partial charge < -0.3 is 9.84 Å². The highest BCUT2D eigenvalue weighted by molar-refractivity contribution is 7.77. The van der Waals surface area contributed by atoms with E-state index < -0.39 is 34.2 Å². The third-order valence-corrected chi connectivity index (χ3v) is 5.47. The molecule has 1 aromatic heterocycles. The zero-order valence-electron chi connectivity index (χ0n) is 16.6. The highest BCUT2D eigenvalue weighted by Crippen LogP contribution is 2.30. The Morgan fingerprint density at radius 3 is 2.75 bits per heavy atom. The van der Waals surface area contributed by atoms with E-state index in [1.54, 1.807) is 12.1 Å². The van der Waals surface area contributed by atoms with Crippen molar-refractivity contribution in [2.24, 2.45) is 0 Å². The second kappa shape index (κ2) is 10.9. The van der Waals surface area contributed by atoms with Crippen LogP contribution in [0.25, 0.3) is 10.9 Å². The third kappa shape index (κ3) is 5.64. The van der Waals surface area contributed by atoms with Crippen LogP contribution in [-0.4, -0.2) is 44.4 Å².